The SMILES string of the molecule is C1CC(C2CC(C3CCC(OCC4CO4)CC3)CC(C3CCC(OCC4CO4)CC3)C2)CCC1OCC1CO1. The molecule has 39 heavy (non-hydrogen) atoms. The van der Waals surface area contributed by atoms with Crippen LogP contribution in [0.2, 0.25) is 0 Å². The van der Waals surface area contributed by atoms with Gasteiger partial charge in [-0.1, -0.05) is 0 Å². The third-order valence-corrected chi connectivity index (χ3v) is 11.7. The average Bonchev–Trinajstić information content (AvgIpc) is 3.82. The highest BCUT2D eigenvalue weighted by atomic mass is 16.6. The van der Waals surface area contributed by atoms with E-state index in [1.165, 1.54) is 96.3 Å². The summed E-state index contributed by atoms with van der Waals surface area (Å²) in [6, 6.07) is 0. The fourth-order valence-corrected chi connectivity index (χ4v) is 9.01. The van der Waals surface area contributed by atoms with Crippen molar-refractivity contribution >= 4 is 0 Å². The van der Waals surface area contributed by atoms with E-state index >= 15 is 0 Å². The van der Waals surface area contributed by atoms with Crippen molar-refractivity contribution in [1.82, 2.24) is 0 Å². The molecule has 222 valence electrons. The molecule has 3 aliphatic heterocycles. The minimum atomic E-state index is 0.396. The van der Waals surface area contributed by atoms with Gasteiger partial charge >= 0.3 is 0 Å². The summed E-state index contributed by atoms with van der Waals surface area (Å²) >= 11 is 0. The van der Waals surface area contributed by atoms with E-state index in [9.17, 15) is 0 Å². The van der Waals surface area contributed by atoms with Crippen LogP contribution in [-0.2, 0) is 28.4 Å². The van der Waals surface area contributed by atoms with Gasteiger partial charge in [0.05, 0.1) is 58.0 Å². The third-order valence-electron chi connectivity index (χ3n) is 11.7. The lowest BCUT2D eigenvalue weighted by atomic mass is 9.59. The highest BCUT2D eigenvalue weighted by Gasteiger charge is 2.42. The van der Waals surface area contributed by atoms with Crippen LogP contribution >= 0.6 is 0 Å². The predicted octanol–water partition coefficient (Wildman–Crippen LogP) is 5.94. The van der Waals surface area contributed by atoms with E-state index in [0.717, 1.165) is 75.1 Å². The maximum atomic E-state index is 6.21. The molecule has 0 aromatic carbocycles. The molecule has 0 bridgehead atoms. The van der Waals surface area contributed by atoms with E-state index in [-0.39, 0.29) is 0 Å². The summed E-state index contributed by atoms with van der Waals surface area (Å²) < 4.78 is 34.7. The molecule has 0 amide bonds. The minimum absolute atomic E-state index is 0.396. The second-order valence-corrected chi connectivity index (χ2v) is 14.5. The predicted molar refractivity (Wildman–Crippen MR) is 149 cm³/mol. The molecule has 3 saturated heterocycles. The maximum Gasteiger partial charge on any atom is 0.104 e. The largest absolute Gasteiger partial charge is 0.375 e. The Morgan fingerprint density at radius 2 is 0.615 bits per heavy atom. The van der Waals surface area contributed by atoms with Gasteiger partial charge in [-0.3, -0.25) is 0 Å². The second kappa shape index (κ2) is 13.0. The molecular formula is C33H54O6. The molecule has 7 aliphatic rings. The number of rotatable bonds is 12. The van der Waals surface area contributed by atoms with Crippen molar-refractivity contribution < 1.29 is 28.4 Å². The van der Waals surface area contributed by atoms with Crippen molar-refractivity contribution in [3.05, 3.63) is 0 Å². The van der Waals surface area contributed by atoms with E-state index in [4.69, 9.17) is 28.4 Å². The summed E-state index contributed by atoms with van der Waals surface area (Å²) in [5.41, 5.74) is 0. The van der Waals surface area contributed by atoms with Crippen molar-refractivity contribution in [2.24, 2.45) is 35.5 Å². The van der Waals surface area contributed by atoms with Crippen LogP contribution in [0.4, 0.5) is 0 Å². The zero-order chi connectivity index (χ0) is 26.0. The molecule has 6 nitrogen and oxygen atoms in total. The van der Waals surface area contributed by atoms with Gasteiger partial charge in [-0.05, 0) is 132 Å². The summed E-state index contributed by atoms with van der Waals surface area (Å²) in [4.78, 5) is 0. The highest BCUT2D eigenvalue weighted by molar-refractivity contribution is 4.92. The summed E-state index contributed by atoms with van der Waals surface area (Å²) in [5, 5.41) is 0. The molecule has 3 heterocycles. The molecule has 0 radical (unpaired) electrons. The van der Waals surface area contributed by atoms with Gasteiger partial charge in [0.1, 0.15) is 18.3 Å². The van der Waals surface area contributed by atoms with Gasteiger partial charge < -0.3 is 28.4 Å². The lowest BCUT2D eigenvalue weighted by molar-refractivity contribution is -0.0302. The lowest BCUT2D eigenvalue weighted by Crippen LogP contribution is -2.39. The number of hydrogen-bond donors (Lipinski definition) is 0. The lowest BCUT2D eigenvalue weighted by Gasteiger charge is -2.47. The summed E-state index contributed by atoms with van der Waals surface area (Å²) in [5.74, 6) is 5.56. The van der Waals surface area contributed by atoms with E-state index < -0.39 is 0 Å². The van der Waals surface area contributed by atoms with Gasteiger partial charge in [0.15, 0.2) is 0 Å². The highest BCUT2D eigenvalue weighted by Crippen LogP contribution is 2.51. The first-order valence-electron chi connectivity index (χ1n) is 16.9. The quantitative estimate of drug-likeness (QED) is 0.282. The smallest absolute Gasteiger partial charge is 0.104 e. The van der Waals surface area contributed by atoms with Crippen LogP contribution < -0.4 is 0 Å². The van der Waals surface area contributed by atoms with Crippen molar-refractivity contribution in [3.63, 3.8) is 0 Å². The molecule has 0 aromatic rings. The van der Waals surface area contributed by atoms with E-state index in [1.54, 1.807) is 0 Å². The fraction of sp³-hybridized carbons (Fsp3) is 1.00. The Labute approximate surface area is 236 Å². The zero-order valence-corrected chi connectivity index (χ0v) is 24.2. The summed E-state index contributed by atoms with van der Waals surface area (Å²) in [7, 11) is 0. The molecule has 0 N–H and O–H groups in total. The van der Waals surface area contributed by atoms with Crippen LogP contribution in [0, 0.1) is 35.5 Å². The molecule has 6 heteroatoms. The first-order valence-corrected chi connectivity index (χ1v) is 16.9. The third kappa shape index (κ3) is 7.99. The summed E-state index contributed by atoms with van der Waals surface area (Å²) in [6.07, 6.45) is 23.0. The van der Waals surface area contributed by atoms with Crippen LogP contribution in [-0.4, -0.2) is 76.3 Å². The minimum Gasteiger partial charge on any atom is -0.375 e. The Morgan fingerprint density at radius 1 is 0.359 bits per heavy atom. The number of epoxide rings is 3. The Kier molecular flexibility index (Phi) is 9.16. The first kappa shape index (κ1) is 27.6. The fourth-order valence-electron chi connectivity index (χ4n) is 9.01. The van der Waals surface area contributed by atoms with Gasteiger partial charge in [0.2, 0.25) is 0 Å². The molecule has 3 unspecified atom stereocenters. The van der Waals surface area contributed by atoms with Crippen molar-refractivity contribution in [2.75, 3.05) is 39.6 Å². The molecule has 7 rings (SSSR count). The zero-order valence-electron chi connectivity index (χ0n) is 24.2. The molecule has 0 aromatic heterocycles. The van der Waals surface area contributed by atoms with Crippen LogP contribution in [0.3, 0.4) is 0 Å². The van der Waals surface area contributed by atoms with E-state index in [0.29, 0.717) is 36.6 Å². The first-order chi connectivity index (χ1) is 19.2. The van der Waals surface area contributed by atoms with Gasteiger partial charge in [-0.2, -0.15) is 0 Å². The average molecular weight is 547 g/mol. The van der Waals surface area contributed by atoms with Crippen LogP contribution in [0.5, 0.6) is 0 Å². The monoisotopic (exact) mass is 546 g/mol. The maximum absolute atomic E-state index is 6.21. The number of ether oxygens (including phenoxy) is 6. The molecule has 3 atom stereocenters. The van der Waals surface area contributed by atoms with Gasteiger partial charge in [-0.15, -0.1) is 0 Å². The van der Waals surface area contributed by atoms with Crippen LogP contribution in [0.25, 0.3) is 0 Å². The summed E-state index contributed by atoms with van der Waals surface area (Å²) in [6.45, 7) is 5.19. The molecular weight excluding hydrogens is 492 g/mol. The van der Waals surface area contributed by atoms with Crippen molar-refractivity contribution in [1.29, 1.82) is 0 Å². The van der Waals surface area contributed by atoms with Gasteiger partial charge in [0.25, 0.3) is 0 Å². The topological polar surface area (TPSA) is 65.3 Å². The van der Waals surface area contributed by atoms with Gasteiger partial charge in [0, 0.05) is 0 Å². The molecule has 7 fully saturated rings. The second-order valence-electron chi connectivity index (χ2n) is 14.5. The number of hydrogen-bond acceptors (Lipinski definition) is 6. The van der Waals surface area contributed by atoms with Crippen LogP contribution in [0.1, 0.15) is 96.3 Å². The molecule has 4 saturated carbocycles. The Morgan fingerprint density at radius 3 is 0.846 bits per heavy atom. The van der Waals surface area contributed by atoms with Crippen molar-refractivity contribution in [2.45, 2.75) is 133 Å². The normalized spacial score (nSPS) is 48.0. The van der Waals surface area contributed by atoms with Crippen LogP contribution in [0.15, 0.2) is 0 Å². The van der Waals surface area contributed by atoms with Gasteiger partial charge in [-0.25, -0.2) is 0 Å². The molecule has 0 spiro atoms. The Bertz CT molecular complexity index is 635. The standard InChI is InChI=1S/C33H54O6/c1-7-28(34-16-31-19-37-31)8-2-22(1)25-13-26(23-3-9-29(10-4-23)35-17-32-20-38-32)15-27(14-25)24-5-11-30(12-6-24)36-18-33-21-39-33/h22-33H,1-21H2. The van der Waals surface area contributed by atoms with E-state index in [1.807, 2.05) is 0 Å². The molecule has 4 aliphatic carbocycles. The van der Waals surface area contributed by atoms with Crippen molar-refractivity contribution in [3.8, 4) is 0 Å². The Hall–Kier alpha value is -0.240. The Balaban J connectivity index is 0.930. The van der Waals surface area contributed by atoms with E-state index in [2.05, 4.69) is 0 Å².